The van der Waals surface area contributed by atoms with Crippen LogP contribution in [0.15, 0.2) is 23.2 Å². The number of thioether (sulfide) groups is 1. The summed E-state index contributed by atoms with van der Waals surface area (Å²) in [5.41, 5.74) is -0.203. The summed E-state index contributed by atoms with van der Waals surface area (Å²) >= 11 is 1.24. The number of nitro groups is 1. The van der Waals surface area contributed by atoms with Crippen molar-refractivity contribution < 1.29 is 19.2 Å². The van der Waals surface area contributed by atoms with Gasteiger partial charge in [-0.3, -0.25) is 24.7 Å². The Morgan fingerprint density at radius 2 is 2.14 bits per heavy atom. The molecule has 1 atom stereocenters. The smallest absolute Gasteiger partial charge is 0.296 e. The van der Waals surface area contributed by atoms with Gasteiger partial charge in [-0.2, -0.15) is 0 Å². The van der Waals surface area contributed by atoms with Gasteiger partial charge in [0.2, 0.25) is 11.8 Å². The maximum absolute atomic E-state index is 12.3. The van der Waals surface area contributed by atoms with Crippen LogP contribution < -0.4 is 15.4 Å². The zero-order chi connectivity index (χ0) is 20.1. The van der Waals surface area contributed by atoms with Crippen LogP contribution in [-0.2, 0) is 9.59 Å². The van der Waals surface area contributed by atoms with Gasteiger partial charge in [0.05, 0.1) is 24.1 Å². The van der Waals surface area contributed by atoms with Gasteiger partial charge in [0.25, 0.3) is 5.69 Å². The number of hydrogen-bond donors (Lipinski definition) is 2. The number of amides is 2. The second-order valence-electron chi connectivity index (χ2n) is 6.71. The number of anilines is 1. The molecule has 0 spiro atoms. The molecule has 1 aliphatic heterocycles. The number of aliphatic imine (C=N–C) groups is 1. The van der Waals surface area contributed by atoms with Gasteiger partial charge >= 0.3 is 0 Å². The molecule has 28 heavy (non-hydrogen) atoms. The Morgan fingerprint density at radius 1 is 1.39 bits per heavy atom. The molecule has 1 unspecified atom stereocenters. The molecule has 2 amide bonds. The fourth-order valence-electron chi connectivity index (χ4n) is 3.24. The molecular formula is C18H22N4O5S. The standard InChI is InChI=1S/C18H22N4O5S/c1-27-12-7-8-13(14(9-12)22(25)26)20-16(23)10-15-17(24)21-18(28-15)19-11-5-3-2-4-6-11/h7-9,11,15H,2-6,10H2,1H3,(H,20,23)(H,19,21,24). The van der Waals surface area contributed by atoms with Crippen molar-refractivity contribution in [2.45, 2.75) is 49.8 Å². The molecule has 9 nitrogen and oxygen atoms in total. The highest BCUT2D eigenvalue weighted by atomic mass is 32.2. The van der Waals surface area contributed by atoms with Gasteiger partial charge in [0.1, 0.15) is 16.7 Å². The molecule has 150 valence electrons. The third-order valence-corrected chi connectivity index (χ3v) is 5.79. The fourth-order valence-corrected chi connectivity index (χ4v) is 4.28. The highest BCUT2D eigenvalue weighted by Crippen LogP contribution is 2.30. The highest BCUT2D eigenvalue weighted by molar-refractivity contribution is 8.15. The topological polar surface area (TPSA) is 123 Å². The number of rotatable bonds is 6. The first kappa shape index (κ1) is 20.1. The van der Waals surface area contributed by atoms with Crippen LogP contribution in [0, 0.1) is 10.1 Å². The molecule has 2 aliphatic rings. The van der Waals surface area contributed by atoms with Crippen LogP contribution >= 0.6 is 11.8 Å². The number of benzene rings is 1. The summed E-state index contributed by atoms with van der Waals surface area (Å²) in [4.78, 5) is 39.7. The predicted molar refractivity (Wildman–Crippen MR) is 107 cm³/mol. The fraction of sp³-hybridized carbons (Fsp3) is 0.500. The summed E-state index contributed by atoms with van der Waals surface area (Å²) in [6, 6.07) is 4.40. The number of ether oxygens (including phenoxy) is 1. The largest absolute Gasteiger partial charge is 0.496 e. The Kier molecular flexibility index (Phi) is 6.50. The van der Waals surface area contributed by atoms with Gasteiger partial charge < -0.3 is 15.4 Å². The first-order valence-electron chi connectivity index (χ1n) is 9.14. The van der Waals surface area contributed by atoms with Crippen LogP contribution in [0.1, 0.15) is 38.5 Å². The Hall–Kier alpha value is -2.62. The first-order valence-corrected chi connectivity index (χ1v) is 10.0. The van der Waals surface area contributed by atoms with Crippen LogP contribution in [-0.4, -0.2) is 40.3 Å². The van der Waals surface area contributed by atoms with Crippen molar-refractivity contribution in [2.75, 3.05) is 12.4 Å². The van der Waals surface area contributed by atoms with E-state index in [0.29, 0.717) is 10.9 Å². The molecule has 1 saturated carbocycles. The second-order valence-corrected chi connectivity index (χ2v) is 7.91. The van der Waals surface area contributed by atoms with Crippen LogP contribution in [0.25, 0.3) is 0 Å². The quantitative estimate of drug-likeness (QED) is 0.553. The van der Waals surface area contributed by atoms with Gasteiger partial charge in [0.15, 0.2) is 5.17 Å². The molecule has 1 aromatic rings. The third kappa shape index (κ3) is 5.00. The zero-order valence-electron chi connectivity index (χ0n) is 15.5. The lowest BCUT2D eigenvalue weighted by Gasteiger charge is -2.17. The average Bonchev–Trinajstić information content (AvgIpc) is 3.01. The van der Waals surface area contributed by atoms with Crippen molar-refractivity contribution in [1.29, 1.82) is 0 Å². The number of nitrogens with one attached hydrogen (secondary N) is 2. The van der Waals surface area contributed by atoms with Crippen molar-refractivity contribution in [1.82, 2.24) is 5.32 Å². The molecule has 0 bridgehead atoms. The minimum atomic E-state index is -0.598. The van der Waals surface area contributed by atoms with E-state index in [0.717, 1.165) is 25.7 Å². The molecule has 2 fully saturated rings. The van der Waals surface area contributed by atoms with Gasteiger partial charge in [-0.15, -0.1) is 0 Å². The summed E-state index contributed by atoms with van der Waals surface area (Å²) in [7, 11) is 1.40. The van der Waals surface area contributed by atoms with Crippen molar-refractivity contribution in [3.8, 4) is 5.75 Å². The molecule has 2 N–H and O–H groups in total. The van der Waals surface area contributed by atoms with Crippen molar-refractivity contribution in [2.24, 2.45) is 4.99 Å². The molecule has 0 aromatic heterocycles. The molecule has 1 aromatic carbocycles. The summed E-state index contributed by atoms with van der Waals surface area (Å²) < 4.78 is 4.97. The Balaban J connectivity index is 1.61. The summed E-state index contributed by atoms with van der Waals surface area (Å²) in [6.07, 6.45) is 5.46. The number of carbonyl (C=O) groups excluding carboxylic acids is 2. The van der Waals surface area contributed by atoms with E-state index in [1.165, 1.54) is 43.5 Å². The monoisotopic (exact) mass is 406 g/mol. The lowest BCUT2D eigenvalue weighted by atomic mass is 9.96. The van der Waals surface area contributed by atoms with Crippen LogP contribution in [0.2, 0.25) is 0 Å². The SMILES string of the molecule is COc1ccc(NC(=O)CC2SC(=NC3CCCCC3)NC2=O)c([N+](=O)[O-])c1. The summed E-state index contributed by atoms with van der Waals surface area (Å²) in [5.74, 6) is -0.419. The summed E-state index contributed by atoms with van der Waals surface area (Å²) in [5, 5.41) is 16.4. The molecule has 10 heteroatoms. The Morgan fingerprint density at radius 3 is 2.82 bits per heavy atom. The van der Waals surface area contributed by atoms with E-state index in [4.69, 9.17) is 4.74 Å². The van der Waals surface area contributed by atoms with Crippen molar-refractivity contribution in [3.63, 3.8) is 0 Å². The molecule has 3 rings (SSSR count). The molecule has 1 saturated heterocycles. The van der Waals surface area contributed by atoms with Gasteiger partial charge in [0, 0.05) is 6.42 Å². The van der Waals surface area contributed by atoms with Crippen LogP contribution in [0.4, 0.5) is 11.4 Å². The number of carbonyl (C=O) groups is 2. The highest BCUT2D eigenvalue weighted by Gasteiger charge is 2.33. The van der Waals surface area contributed by atoms with Crippen molar-refractivity contribution in [3.05, 3.63) is 28.3 Å². The van der Waals surface area contributed by atoms with E-state index in [2.05, 4.69) is 15.6 Å². The van der Waals surface area contributed by atoms with E-state index in [1.807, 2.05) is 0 Å². The number of nitro benzene ring substituents is 1. The van der Waals surface area contributed by atoms with E-state index < -0.39 is 16.1 Å². The maximum atomic E-state index is 12.3. The molecule has 0 radical (unpaired) electrons. The zero-order valence-corrected chi connectivity index (χ0v) is 16.3. The number of hydrogen-bond acceptors (Lipinski definition) is 7. The number of methoxy groups -OCH3 is 1. The average molecular weight is 406 g/mol. The lowest BCUT2D eigenvalue weighted by Crippen LogP contribution is -2.28. The van der Waals surface area contributed by atoms with Gasteiger partial charge in [-0.25, -0.2) is 0 Å². The minimum Gasteiger partial charge on any atom is -0.496 e. The first-order chi connectivity index (χ1) is 13.5. The van der Waals surface area contributed by atoms with E-state index in [9.17, 15) is 19.7 Å². The summed E-state index contributed by atoms with van der Waals surface area (Å²) in [6.45, 7) is 0. The van der Waals surface area contributed by atoms with Crippen LogP contribution in [0.3, 0.4) is 0 Å². The van der Waals surface area contributed by atoms with Crippen LogP contribution in [0.5, 0.6) is 5.75 Å². The lowest BCUT2D eigenvalue weighted by molar-refractivity contribution is -0.384. The van der Waals surface area contributed by atoms with E-state index in [1.54, 1.807) is 0 Å². The molecular weight excluding hydrogens is 384 g/mol. The third-order valence-electron chi connectivity index (χ3n) is 4.70. The second kappa shape index (κ2) is 9.05. The predicted octanol–water partition coefficient (Wildman–Crippen LogP) is 2.85. The molecule has 1 aliphatic carbocycles. The van der Waals surface area contributed by atoms with Gasteiger partial charge in [-0.05, 0) is 25.0 Å². The van der Waals surface area contributed by atoms with Crippen molar-refractivity contribution >= 4 is 40.1 Å². The van der Waals surface area contributed by atoms with E-state index >= 15 is 0 Å². The normalized spacial score (nSPS) is 21.4. The maximum Gasteiger partial charge on any atom is 0.296 e. The van der Waals surface area contributed by atoms with Gasteiger partial charge in [-0.1, -0.05) is 31.0 Å². The van der Waals surface area contributed by atoms with E-state index in [-0.39, 0.29) is 29.7 Å². The Labute approximate surface area is 166 Å². The number of amidine groups is 1. The molecule has 1 heterocycles. The minimum absolute atomic E-state index is 0.0651. The Bertz CT molecular complexity index is 807. The number of nitrogens with zero attached hydrogens (tertiary/aromatic N) is 2.